The Kier molecular flexibility index (Phi) is 3.90. The van der Waals surface area contributed by atoms with Crippen LogP contribution in [0.25, 0.3) is 0 Å². The average molecular weight is 238 g/mol. The van der Waals surface area contributed by atoms with Crippen molar-refractivity contribution in [3.63, 3.8) is 0 Å². The highest BCUT2D eigenvalue weighted by Crippen LogP contribution is 2.11. The zero-order valence-electron chi connectivity index (χ0n) is 9.56. The lowest BCUT2D eigenvalue weighted by molar-refractivity contribution is -0.134. The van der Waals surface area contributed by atoms with Gasteiger partial charge in [0.2, 0.25) is 5.95 Å². The lowest BCUT2D eigenvalue weighted by atomic mass is 10.1. The normalized spacial score (nSPS) is 15.7. The van der Waals surface area contributed by atoms with Crippen LogP contribution in [0.4, 0.5) is 4.39 Å². The Bertz CT molecular complexity index is 375. The molecule has 1 saturated heterocycles. The van der Waals surface area contributed by atoms with Crippen LogP contribution in [0.3, 0.4) is 0 Å². The Morgan fingerprint density at radius 2 is 2.12 bits per heavy atom. The number of piperidine rings is 1. The van der Waals surface area contributed by atoms with Gasteiger partial charge in [0.25, 0.3) is 5.91 Å². The number of carbonyl (C=O) groups excluding carboxylic acids is 1. The monoisotopic (exact) mass is 238 g/mol. The second-order valence-electron chi connectivity index (χ2n) is 4.05. The van der Waals surface area contributed by atoms with E-state index in [1.54, 1.807) is 4.90 Å². The highest BCUT2D eigenvalue weighted by molar-refractivity contribution is 5.77. The Morgan fingerprint density at radius 3 is 2.76 bits per heavy atom. The summed E-state index contributed by atoms with van der Waals surface area (Å²) in [5.74, 6) is -0.162. The minimum atomic E-state index is -0.556. The van der Waals surface area contributed by atoms with Crippen molar-refractivity contribution < 1.29 is 13.9 Å². The molecule has 2 rings (SSSR count). The van der Waals surface area contributed by atoms with Gasteiger partial charge in [0, 0.05) is 13.1 Å². The fourth-order valence-electron chi connectivity index (χ4n) is 1.83. The molecule has 1 fully saturated rings. The Hall–Kier alpha value is -1.65. The van der Waals surface area contributed by atoms with E-state index >= 15 is 0 Å². The molecule has 92 valence electrons. The van der Waals surface area contributed by atoms with E-state index in [0.717, 1.165) is 25.9 Å². The first-order valence-corrected chi connectivity index (χ1v) is 5.78. The summed E-state index contributed by atoms with van der Waals surface area (Å²) in [5, 5.41) is 0. The second-order valence-corrected chi connectivity index (χ2v) is 4.05. The van der Waals surface area contributed by atoms with Crippen molar-refractivity contribution in [2.45, 2.75) is 19.3 Å². The highest BCUT2D eigenvalue weighted by Gasteiger charge is 2.16. The summed E-state index contributed by atoms with van der Waals surface area (Å²) >= 11 is 0. The molecule has 0 aliphatic carbocycles. The number of pyridine rings is 1. The summed E-state index contributed by atoms with van der Waals surface area (Å²) in [4.78, 5) is 17.0. The van der Waals surface area contributed by atoms with Crippen LogP contribution in [0.5, 0.6) is 5.75 Å². The maximum Gasteiger partial charge on any atom is 0.260 e. The average Bonchev–Trinajstić information content (AvgIpc) is 2.39. The molecule has 1 aromatic rings. The summed E-state index contributed by atoms with van der Waals surface area (Å²) in [5.41, 5.74) is 0. The maximum atomic E-state index is 12.5. The first-order valence-electron chi connectivity index (χ1n) is 5.78. The van der Waals surface area contributed by atoms with E-state index in [1.165, 1.54) is 24.8 Å². The topological polar surface area (TPSA) is 42.4 Å². The molecule has 0 spiro atoms. The Morgan fingerprint density at radius 1 is 1.35 bits per heavy atom. The second kappa shape index (κ2) is 5.61. The van der Waals surface area contributed by atoms with Crippen LogP contribution in [-0.4, -0.2) is 35.5 Å². The van der Waals surface area contributed by atoms with Gasteiger partial charge in [0.05, 0.1) is 6.20 Å². The highest BCUT2D eigenvalue weighted by atomic mass is 19.1. The third-order valence-corrected chi connectivity index (χ3v) is 2.77. The van der Waals surface area contributed by atoms with Gasteiger partial charge >= 0.3 is 0 Å². The van der Waals surface area contributed by atoms with Crippen molar-refractivity contribution in [2.24, 2.45) is 0 Å². The SMILES string of the molecule is O=C(COc1ccc(F)nc1)N1CCCCC1. The molecule has 4 nitrogen and oxygen atoms in total. The van der Waals surface area contributed by atoms with Gasteiger partial charge in [-0.05, 0) is 31.4 Å². The van der Waals surface area contributed by atoms with E-state index in [0.29, 0.717) is 5.75 Å². The van der Waals surface area contributed by atoms with Gasteiger partial charge in [-0.2, -0.15) is 4.39 Å². The summed E-state index contributed by atoms with van der Waals surface area (Å²) in [6, 6.07) is 2.67. The molecule has 1 amide bonds. The van der Waals surface area contributed by atoms with Crippen LogP contribution in [0, 0.1) is 5.95 Å². The first-order chi connectivity index (χ1) is 8.25. The molecule has 0 aromatic carbocycles. The van der Waals surface area contributed by atoms with E-state index in [-0.39, 0.29) is 12.5 Å². The van der Waals surface area contributed by atoms with Crippen LogP contribution in [-0.2, 0) is 4.79 Å². The maximum absolute atomic E-state index is 12.5. The van der Waals surface area contributed by atoms with Gasteiger partial charge in [-0.15, -0.1) is 0 Å². The van der Waals surface area contributed by atoms with E-state index in [2.05, 4.69) is 4.98 Å². The minimum Gasteiger partial charge on any atom is -0.482 e. The molecule has 5 heteroatoms. The summed E-state index contributed by atoms with van der Waals surface area (Å²) in [6.45, 7) is 1.61. The standard InChI is InChI=1S/C12H15FN2O2/c13-11-5-4-10(8-14-11)17-9-12(16)15-6-2-1-3-7-15/h4-5,8H,1-3,6-7,9H2. The van der Waals surface area contributed by atoms with Gasteiger partial charge in [-0.1, -0.05) is 0 Å². The van der Waals surface area contributed by atoms with Crippen LogP contribution in [0.15, 0.2) is 18.3 Å². The number of nitrogens with zero attached hydrogens (tertiary/aromatic N) is 2. The predicted octanol–water partition coefficient (Wildman–Crippen LogP) is 1.61. The number of hydrogen-bond donors (Lipinski definition) is 0. The van der Waals surface area contributed by atoms with E-state index < -0.39 is 5.95 Å². The van der Waals surface area contributed by atoms with Crippen LogP contribution < -0.4 is 4.74 Å². The smallest absolute Gasteiger partial charge is 0.260 e. The predicted molar refractivity (Wildman–Crippen MR) is 60.1 cm³/mol. The molecule has 1 aliphatic heterocycles. The van der Waals surface area contributed by atoms with Crippen molar-refractivity contribution in [1.29, 1.82) is 0 Å². The van der Waals surface area contributed by atoms with Crippen molar-refractivity contribution >= 4 is 5.91 Å². The summed E-state index contributed by atoms with van der Waals surface area (Å²) in [6.07, 6.45) is 4.58. The van der Waals surface area contributed by atoms with Gasteiger partial charge < -0.3 is 9.64 Å². The molecular weight excluding hydrogens is 223 g/mol. The Labute approximate surface area is 99.4 Å². The van der Waals surface area contributed by atoms with Crippen LogP contribution in [0.2, 0.25) is 0 Å². The molecule has 0 unspecified atom stereocenters. The lowest BCUT2D eigenvalue weighted by Crippen LogP contribution is -2.38. The molecule has 0 bridgehead atoms. The lowest BCUT2D eigenvalue weighted by Gasteiger charge is -2.26. The largest absolute Gasteiger partial charge is 0.482 e. The number of halogens is 1. The summed E-state index contributed by atoms with van der Waals surface area (Å²) < 4.78 is 17.8. The van der Waals surface area contributed by atoms with Crippen molar-refractivity contribution in [3.05, 3.63) is 24.3 Å². The van der Waals surface area contributed by atoms with Gasteiger partial charge in [0.1, 0.15) is 5.75 Å². The molecule has 1 aromatic heterocycles. The number of ether oxygens (including phenoxy) is 1. The molecule has 0 radical (unpaired) electrons. The first kappa shape index (κ1) is 11.8. The van der Waals surface area contributed by atoms with E-state index in [4.69, 9.17) is 4.74 Å². The molecule has 17 heavy (non-hydrogen) atoms. The Balaban J connectivity index is 1.81. The molecule has 1 aliphatic rings. The molecule has 2 heterocycles. The van der Waals surface area contributed by atoms with Gasteiger partial charge in [-0.25, -0.2) is 4.98 Å². The molecule has 0 atom stereocenters. The minimum absolute atomic E-state index is 0.00663. The number of hydrogen-bond acceptors (Lipinski definition) is 3. The van der Waals surface area contributed by atoms with Gasteiger partial charge in [-0.3, -0.25) is 4.79 Å². The van der Waals surface area contributed by atoms with E-state index in [9.17, 15) is 9.18 Å². The quantitative estimate of drug-likeness (QED) is 0.751. The number of aromatic nitrogens is 1. The van der Waals surface area contributed by atoms with Gasteiger partial charge in [0.15, 0.2) is 6.61 Å². The molecule has 0 saturated carbocycles. The van der Waals surface area contributed by atoms with Crippen molar-refractivity contribution in [3.8, 4) is 5.75 Å². The third-order valence-electron chi connectivity index (χ3n) is 2.77. The van der Waals surface area contributed by atoms with E-state index in [1.807, 2.05) is 0 Å². The van der Waals surface area contributed by atoms with Crippen molar-refractivity contribution in [1.82, 2.24) is 9.88 Å². The number of rotatable bonds is 3. The number of likely N-dealkylation sites (tertiary alicyclic amines) is 1. The summed E-state index contributed by atoms with van der Waals surface area (Å²) in [7, 11) is 0. The van der Waals surface area contributed by atoms with Crippen LogP contribution >= 0.6 is 0 Å². The fourth-order valence-corrected chi connectivity index (χ4v) is 1.83. The van der Waals surface area contributed by atoms with Crippen LogP contribution in [0.1, 0.15) is 19.3 Å². The number of amides is 1. The molecular formula is C12H15FN2O2. The fraction of sp³-hybridized carbons (Fsp3) is 0.500. The molecule has 0 N–H and O–H groups in total. The number of carbonyl (C=O) groups is 1. The zero-order valence-corrected chi connectivity index (χ0v) is 9.56. The third kappa shape index (κ3) is 3.41. The van der Waals surface area contributed by atoms with Crippen molar-refractivity contribution in [2.75, 3.05) is 19.7 Å². The zero-order chi connectivity index (χ0) is 12.1.